The van der Waals surface area contributed by atoms with E-state index < -0.39 is 5.51 Å². The topological polar surface area (TPSA) is 42.7 Å². The average molecular weight is 359 g/mol. The Hall–Kier alpha value is -1.93. The average Bonchev–Trinajstić information content (AvgIpc) is 3.03. The molecular weight excluding hydrogens is 343 g/mol. The van der Waals surface area contributed by atoms with Crippen LogP contribution in [0.2, 0.25) is 0 Å². The molecule has 1 aromatic carbocycles. The zero-order valence-corrected chi connectivity index (χ0v) is 13.7. The molecule has 2 rings (SSSR count). The highest BCUT2D eigenvalue weighted by molar-refractivity contribution is 8.00. The van der Waals surface area contributed by atoms with Crippen molar-refractivity contribution in [1.82, 2.24) is 4.90 Å². The number of halogens is 3. The molecular formula is C16H16F3NO3S. The predicted molar refractivity (Wildman–Crippen MR) is 83.7 cm³/mol. The molecule has 0 fully saturated rings. The molecule has 0 aliphatic carbocycles. The van der Waals surface area contributed by atoms with Crippen LogP contribution in [0, 0.1) is 0 Å². The predicted octanol–water partition coefficient (Wildman–Crippen LogP) is 4.18. The van der Waals surface area contributed by atoms with E-state index in [1.54, 1.807) is 12.1 Å². The Morgan fingerprint density at radius 1 is 1.25 bits per heavy atom. The number of nitrogens with zero attached hydrogens (tertiary/aromatic N) is 1. The second-order valence-corrected chi connectivity index (χ2v) is 6.01. The largest absolute Gasteiger partial charge is 0.467 e. The lowest BCUT2D eigenvalue weighted by Crippen LogP contribution is -2.33. The summed E-state index contributed by atoms with van der Waals surface area (Å²) in [6.45, 7) is 0.942. The summed E-state index contributed by atoms with van der Waals surface area (Å²) in [5.74, 6) is 0.315. The molecule has 0 saturated heterocycles. The number of rotatable bonds is 7. The van der Waals surface area contributed by atoms with Crippen LogP contribution >= 0.6 is 11.8 Å². The summed E-state index contributed by atoms with van der Waals surface area (Å²) in [5.41, 5.74) is -4.04. The quantitative estimate of drug-likeness (QED) is 0.696. The molecule has 2 aromatic rings. The van der Waals surface area contributed by atoms with E-state index in [0.717, 1.165) is 0 Å². The van der Waals surface area contributed by atoms with Crippen molar-refractivity contribution in [3.8, 4) is 0 Å². The standard InChI is InChI=1S/C16H16F3NO3S/c1-22-10-8-20(11-13-3-2-9-23-13)15(21)12-4-6-14(7-5-12)24-16(17,18)19/h2-7,9H,8,10-11H2,1H3. The van der Waals surface area contributed by atoms with Gasteiger partial charge in [0.25, 0.3) is 5.91 Å². The summed E-state index contributed by atoms with van der Waals surface area (Å²) < 4.78 is 47.3. The number of carbonyl (C=O) groups excluding carboxylic acids is 1. The third-order valence-electron chi connectivity index (χ3n) is 3.11. The molecule has 1 amide bonds. The van der Waals surface area contributed by atoms with Gasteiger partial charge in [-0.1, -0.05) is 0 Å². The molecule has 0 atom stereocenters. The first-order valence-electron chi connectivity index (χ1n) is 7.05. The van der Waals surface area contributed by atoms with Gasteiger partial charge in [0.1, 0.15) is 5.76 Å². The van der Waals surface area contributed by atoms with Crippen LogP contribution in [-0.2, 0) is 11.3 Å². The Bertz CT molecular complexity index is 642. The van der Waals surface area contributed by atoms with Crippen molar-refractivity contribution >= 4 is 17.7 Å². The fourth-order valence-electron chi connectivity index (χ4n) is 2.03. The fourth-order valence-corrected chi connectivity index (χ4v) is 2.57. The van der Waals surface area contributed by atoms with Crippen LogP contribution < -0.4 is 0 Å². The number of furan rings is 1. The van der Waals surface area contributed by atoms with Gasteiger partial charge in [0, 0.05) is 24.1 Å². The van der Waals surface area contributed by atoms with Crippen molar-refractivity contribution in [3.05, 3.63) is 54.0 Å². The lowest BCUT2D eigenvalue weighted by Gasteiger charge is -2.21. The van der Waals surface area contributed by atoms with Crippen LogP contribution in [0.5, 0.6) is 0 Å². The minimum absolute atomic E-state index is 0.0357. The molecule has 4 nitrogen and oxygen atoms in total. The summed E-state index contributed by atoms with van der Waals surface area (Å²) >= 11 is -0.213. The SMILES string of the molecule is COCCN(Cc1ccco1)C(=O)c1ccc(SC(F)(F)F)cc1. The van der Waals surface area contributed by atoms with Crippen molar-refractivity contribution in [2.24, 2.45) is 0 Å². The van der Waals surface area contributed by atoms with E-state index in [1.165, 1.54) is 42.5 Å². The van der Waals surface area contributed by atoms with Gasteiger partial charge < -0.3 is 14.1 Å². The minimum Gasteiger partial charge on any atom is -0.467 e. The van der Waals surface area contributed by atoms with Crippen molar-refractivity contribution in [1.29, 1.82) is 0 Å². The molecule has 130 valence electrons. The number of methoxy groups -OCH3 is 1. The first-order valence-corrected chi connectivity index (χ1v) is 7.87. The molecule has 0 saturated carbocycles. The van der Waals surface area contributed by atoms with Gasteiger partial charge in [-0.15, -0.1) is 0 Å². The van der Waals surface area contributed by atoms with Crippen molar-refractivity contribution in [3.63, 3.8) is 0 Å². The Labute approximate surface area is 141 Å². The number of amides is 1. The van der Waals surface area contributed by atoms with Gasteiger partial charge in [-0.2, -0.15) is 13.2 Å². The summed E-state index contributed by atoms with van der Waals surface area (Å²) in [4.78, 5) is 14.1. The molecule has 1 aromatic heterocycles. The fraction of sp³-hybridized carbons (Fsp3) is 0.312. The zero-order chi connectivity index (χ0) is 17.6. The first kappa shape index (κ1) is 18.4. The Morgan fingerprint density at radius 2 is 1.96 bits per heavy atom. The number of alkyl halides is 3. The number of benzene rings is 1. The normalized spacial score (nSPS) is 11.5. The molecule has 24 heavy (non-hydrogen) atoms. The number of thioether (sulfide) groups is 1. The number of hydrogen-bond donors (Lipinski definition) is 0. The van der Waals surface area contributed by atoms with Crippen LogP contribution in [0.1, 0.15) is 16.1 Å². The number of hydrogen-bond acceptors (Lipinski definition) is 4. The van der Waals surface area contributed by atoms with Crippen LogP contribution in [0.4, 0.5) is 13.2 Å². The Kier molecular flexibility index (Phi) is 6.33. The molecule has 0 bridgehead atoms. The molecule has 0 aliphatic heterocycles. The van der Waals surface area contributed by atoms with Crippen molar-refractivity contribution in [2.75, 3.05) is 20.3 Å². The Balaban J connectivity index is 2.10. The summed E-state index contributed by atoms with van der Waals surface area (Å²) in [7, 11) is 1.53. The van der Waals surface area contributed by atoms with Crippen LogP contribution in [0.25, 0.3) is 0 Å². The summed E-state index contributed by atoms with van der Waals surface area (Å²) in [6, 6.07) is 8.81. The second kappa shape index (κ2) is 8.25. The second-order valence-electron chi connectivity index (χ2n) is 4.87. The van der Waals surface area contributed by atoms with E-state index in [2.05, 4.69) is 0 Å². The van der Waals surface area contributed by atoms with Gasteiger partial charge in [0.2, 0.25) is 0 Å². The maximum Gasteiger partial charge on any atom is 0.446 e. The van der Waals surface area contributed by atoms with E-state index in [0.29, 0.717) is 24.5 Å². The third kappa shape index (κ3) is 5.61. The third-order valence-corrected chi connectivity index (χ3v) is 3.85. The van der Waals surface area contributed by atoms with Gasteiger partial charge >= 0.3 is 5.51 Å². The van der Waals surface area contributed by atoms with Crippen molar-refractivity contribution in [2.45, 2.75) is 16.9 Å². The molecule has 0 aliphatic rings. The molecule has 8 heteroatoms. The molecule has 0 N–H and O–H groups in total. The van der Waals surface area contributed by atoms with Gasteiger partial charge in [0.15, 0.2) is 0 Å². The molecule has 0 radical (unpaired) electrons. The smallest absolute Gasteiger partial charge is 0.446 e. The van der Waals surface area contributed by atoms with Gasteiger partial charge in [0.05, 0.1) is 19.4 Å². The van der Waals surface area contributed by atoms with Gasteiger partial charge in [-0.3, -0.25) is 4.79 Å². The molecule has 0 spiro atoms. The minimum atomic E-state index is -4.35. The molecule has 1 heterocycles. The van der Waals surface area contributed by atoms with Crippen LogP contribution in [0.3, 0.4) is 0 Å². The van der Waals surface area contributed by atoms with E-state index >= 15 is 0 Å². The van der Waals surface area contributed by atoms with Crippen LogP contribution in [-0.4, -0.2) is 36.6 Å². The summed E-state index contributed by atoms with van der Waals surface area (Å²) in [6.07, 6.45) is 1.51. The van der Waals surface area contributed by atoms with E-state index in [9.17, 15) is 18.0 Å². The maximum atomic E-state index is 12.6. The van der Waals surface area contributed by atoms with E-state index in [4.69, 9.17) is 9.15 Å². The van der Waals surface area contributed by atoms with E-state index in [-0.39, 0.29) is 29.1 Å². The van der Waals surface area contributed by atoms with Gasteiger partial charge in [-0.05, 0) is 48.2 Å². The number of ether oxygens (including phenoxy) is 1. The first-order chi connectivity index (χ1) is 11.4. The zero-order valence-electron chi connectivity index (χ0n) is 12.9. The highest BCUT2D eigenvalue weighted by atomic mass is 32.2. The number of carbonyl (C=O) groups is 1. The maximum absolute atomic E-state index is 12.6. The van der Waals surface area contributed by atoms with Crippen molar-refractivity contribution < 1.29 is 27.1 Å². The highest BCUT2D eigenvalue weighted by Crippen LogP contribution is 2.36. The molecule has 0 unspecified atom stereocenters. The summed E-state index contributed by atoms with van der Waals surface area (Å²) in [5, 5.41) is 0. The van der Waals surface area contributed by atoms with Gasteiger partial charge in [-0.25, -0.2) is 0 Å². The highest BCUT2D eigenvalue weighted by Gasteiger charge is 2.29. The van der Waals surface area contributed by atoms with E-state index in [1.807, 2.05) is 0 Å². The van der Waals surface area contributed by atoms with Crippen LogP contribution in [0.15, 0.2) is 52.0 Å². The lowest BCUT2D eigenvalue weighted by molar-refractivity contribution is -0.0328. The monoisotopic (exact) mass is 359 g/mol. The lowest BCUT2D eigenvalue weighted by atomic mass is 10.2. The Morgan fingerprint density at radius 3 is 2.50 bits per heavy atom.